The molecule has 0 aliphatic carbocycles. The Kier molecular flexibility index (Phi) is 7.48. The molecule has 158 valence electrons. The molecule has 0 amide bonds. The van der Waals surface area contributed by atoms with Gasteiger partial charge in [0.05, 0.1) is 30.9 Å². The number of hydrogen-bond donors (Lipinski definition) is 1. The molecule has 0 bridgehead atoms. The summed E-state index contributed by atoms with van der Waals surface area (Å²) in [6, 6.07) is 8.40. The van der Waals surface area contributed by atoms with E-state index in [1.165, 1.54) is 0 Å². The van der Waals surface area contributed by atoms with Crippen molar-refractivity contribution >= 4 is 5.57 Å². The molecule has 1 N–H and O–H groups in total. The summed E-state index contributed by atoms with van der Waals surface area (Å²) < 4.78 is 83.1. The van der Waals surface area contributed by atoms with E-state index in [-0.39, 0.29) is 24.8 Å². The zero-order valence-electron chi connectivity index (χ0n) is 15.6. The highest BCUT2D eigenvalue weighted by molar-refractivity contribution is 5.69. The van der Waals surface area contributed by atoms with Crippen molar-refractivity contribution < 1.29 is 36.2 Å². The highest BCUT2D eigenvalue weighted by Crippen LogP contribution is 2.36. The zero-order chi connectivity index (χ0) is 21.7. The normalized spacial score (nSPS) is 13.0. The molecule has 2 aromatic rings. The third-order valence-corrected chi connectivity index (χ3v) is 4.16. The van der Waals surface area contributed by atoms with Crippen LogP contribution in [0.25, 0.3) is 5.57 Å². The lowest BCUT2D eigenvalue weighted by Crippen LogP contribution is -2.12. The van der Waals surface area contributed by atoms with Gasteiger partial charge in [0.15, 0.2) is 0 Å². The Bertz CT molecular complexity index is 821. The van der Waals surface area contributed by atoms with Crippen LogP contribution in [-0.2, 0) is 30.3 Å². The van der Waals surface area contributed by atoms with Crippen molar-refractivity contribution in [3.8, 4) is 0 Å². The van der Waals surface area contributed by atoms with E-state index in [1.54, 1.807) is 24.3 Å². The highest BCUT2D eigenvalue weighted by atomic mass is 19.4. The Morgan fingerprint density at radius 3 is 2.07 bits per heavy atom. The third kappa shape index (κ3) is 6.33. The molecular formula is C21H20F6O2. The monoisotopic (exact) mass is 418 g/mol. The summed E-state index contributed by atoms with van der Waals surface area (Å²) >= 11 is 0. The van der Waals surface area contributed by atoms with E-state index in [2.05, 4.69) is 0 Å². The van der Waals surface area contributed by atoms with Crippen LogP contribution in [0.2, 0.25) is 0 Å². The number of alkyl halides is 6. The first kappa shape index (κ1) is 23.0. The molecular weight excluding hydrogens is 398 g/mol. The fourth-order valence-corrected chi connectivity index (χ4v) is 2.85. The van der Waals surface area contributed by atoms with E-state index in [0.717, 1.165) is 5.56 Å². The molecule has 0 aliphatic rings. The van der Waals surface area contributed by atoms with Gasteiger partial charge in [-0.05, 0) is 46.9 Å². The van der Waals surface area contributed by atoms with Crippen molar-refractivity contribution in [3.63, 3.8) is 0 Å². The number of halogens is 6. The predicted octanol–water partition coefficient (Wildman–Crippen LogP) is 6.23. The second-order valence-corrected chi connectivity index (χ2v) is 6.36. The van der Waals surface area contributed by atoms with E-state index in [9.17, 15) is 31.4 Å². The molecule has 0 unspecified atom stereocenters. The van der Waals surface area contributed by atoms with Crippen LogP contribution >= 0.6 is 0 Å². The molecule has 8 heteroatoms. The van der Waals surface area contributed by atoms with Gasteiger partial charge in [-0.15, -0.1) is 0 Å². The second kappa shape index (κ2) is 9.45. The van der Waals surface area contributed by atoms with Gasteiger partial charge in [-0.3, -0.25) is 0 Å². The van der Waals surface area contributed by atoms with Gasteiger partial charge in [0.2, 0.25) is 0 Å². The summed E-state index contributed by atoms with van der Waals surface area (Å²) in [4.78, 5) is 0. The molecule has 2 nitrogen and oxygen atoms in total. The van der Waals surface area contributed by atoms with Crippen molar-refractivity contribution in [2.24, 2.45) is 0 Å². The minimum Gasteiger partial charge on any atom is -0.392 e. The molecule has 0 saturated heterocycles. The summed E-state index contributed by atoms with van der Waals surface area (Å²) in [5.41, 5.74) is -0.911. The summed E-state index contributed by atoms with van der Waals surface area (Å²) in [6.45, 7) is 1.22. The fraction of sp³-hybridized carbons (Fsp3) is 0.333. The van der Waals surface area contributed by atoms with Crippen molar-refractivity contribution in [1.29, 1.82) is 0 Å². The molecule has 29 heavy (non-hydrogen) atoms. The molecule has 0 aliphatic heterocycles. The van der Waals surface area contributed by atoms with Crippen molar-refractivity contribution in [1.82, 2.24) is 0 Å². The van der Waals surface area contributed by atoms with Crippen molar-refractivity contribution in [2.45, 2.75) is 38.9 Å². The van der Waals surface area contributed by atoms with Crippen LogP contribution in [0.15, 0.2) is 48.5 Å². The Hall–Kier alpha value is -2.32. The molecule has 0 aromatic heterocycles. The van der Waals surface area contributed by atoms with E-state index >= 15 is 0 Å². The topological polar surface area (TPSA) is 29.5 Å². The first-order chi connectivity index (χ1) is 13.6. The molecule has 0 heterocycles. The Balaban J connectivity index is 2.23. The quantitative estimate of drug-likeness (QED) is 0.541. The van der Waals surface area contributed by atoms with Crippen LogP contribution in [-0.4, -0.2) is 11.7 Å². The number of hydrogen-bond acceptors (Lipinski definition) is 2. The van der Waals surface area contributed by atoms with Gasteiger partial charge in [-0.2, -0.15) is 26.3 Å². The van der Waals surface area contributed by atoms with Crippen LogP contribution in [0, 0.1) is 0 Å². The lowest BCUT2D eigenvalue weighted by molar-refractivity contribution is -0.143. The number of rotatable bonds is 7. The van der Waals surface area contributed by atoms with Gasteiger partial charge in [0.25, 0.3) is 0 Å². The number of allylic oxidation sites excluding steroid dienone is 1. The number of benzene rings is 2. The smallest absolute Gasteiger partial charge is 0.392 e. The van der Waals surface area contributed by atoms with Gasteiger partial charge in [0, 0.05) is 0 Å². The minimum atomic E-state index is -4.90. The number of ether oxygens (including phenoxy) is 1. The fourth-order valence-electron chi connectivity index (χ4n) is 2.85. The molecule has 2 aromatic carbocycles. The maximum atomic E-state index is 13.0. The largest absolute Gasteiger partial charge is 0.416 e. The average molecular weight is 418 g/mol. The van der Waals surface area contributed by atoms with E-state index in [1.807, 2.05) is 13.0 Å². The predicted molar refractivity (Wildman–Crippen MR) is 96.7 cm³/mol. The minimum absolute atomic E-state index is 0.0253. The van der Waals surface area contributed by atoms with Gasteiger partial charge in [0.1, 0.15) is 0 Å². The summed E-state index contributed by atoms with van der Waals surface area (Å²) in [7, 11) is 0. The highest BCUT2D eigenvalue weighted by Gasteiger charge is 2.36. The first-order valence-electron chi connectivity index (χ1n) is 8.80. The lowest BCUT2D eigenvalue weighted by atomic mass is 9.99. The average Bonchev–Trinajstić information content (AvgIpc) is 2.65. The summed E-state index contributed by atoms with van der Waals surface area (Å²) in [5.74, 6) is 0. The molecule has 0 saturated carbocycles. The van der Waals surface area contributed by atoms with Gasteiger partial charge < -0.3 is 9.84 Å². The van der Waals surface area contributed by atoms with E-state index in [4.69, 9.17) is 4.74 Å². The lowest BCUT2D eigenvalue weighted by Gasteiger charge is -2.15. The number of aliphatic hydroxyl groups excluding tert-OH is 1. The Labute approximate surface area is 164 Å². The maximum absolute atomic E-state index is 13.0. The molecule has 2 rings (SSSR count). The van der Waals surface area contributed by atoms with Crippen LogP contribution in [0.4, 0.5) is 26.3 Å². The Morgan fingerprint density at radius 1 is 0.966 bits per heavy atom. The van der Waals surface area contributed by atoms with Gasteiger partial charge >= 0.3 is 12.4 Å². The molecule has 0 atom stereocenters. The van der Waals surface area contributed by atoms with Gasteiger partial charge in [-0.1, -0.05) is 37.3 Å². The van der Waals surface area contributed by atoms with Crippen LogP contribution < -0.4 is 0 Å². The summed E-state index contributed by atoms with van der Waals surface area (Å²) in [6.07, 6.45) is -7.32. The third-order valence-electron chi connectivity index (χ3n) is 4.16. The zero-order valence-corrected chi connectivity index (χ0v) is 15.6. The second-order valence-electron chi connectivity index (χ2n) is 6.36. The molecule has 0 spiro atoms. The van der Waals surface area contributed by atoms with Crippen LogP contribution in [0.3, 0.4) is 0 Å². The molecule has 0 fully saturated rings. The maximum Gasteiger partial charge on any atom is 0.416 e. The van der Waals surface area contributed by atoms with Crippen molar-refractivity contribution in [3.05, 3.63) is 76.4 Å². The van der Waals surface area contributed by atoms with Crippen molar-refractivity contribution in [2.75, 3.05) is 6.61 Å². The van der Waals surface area contributed by atoms with Gasteiger partial charge in [-0.25, -0.2) is 0 Å². The van der Waals surface area contributed by atoms with E-state index in [0.29, 0.717) is 29.7 Å². The SMILES string of the molecule is CC/C=C(\COCc1cc(C(F)(F)F)cc(C(F)(F)F)c1)c1ccccc1CO. The number of aliphatic hydroxyl groups is 1. The standard InChI is InChI=1S/C21H20F6O2/c1-2-5-16(19-7-4-3-6-15(19)11-28)13-29-12-14-8-17(20(22,23)24)10-18(9-14)21(25,26)27/h3-10,28H,2,11-13H2,1H3/b16-5+. The first-order valence-corrected chi connectivity index (χ1v) is 8.80. The van der Waals surface area contributed by atoms with Crippen LogP contribution in [0.1, 0.15) is 41.2 Å². The molecule has 0 radical (unpaired) electrons. The summed E-state index contributed by atoms with van der Waals surface area (Å²) in [5, 5.41) is 9.47. The van der Waals surface area contributed by atoms with Crippen LogP contribution in [0.5, 0.6) is 0 Å². The Morgan fingerprint density at radius 2 is 1.55 bits per heavy atom. The van der Waals surface area contributed by atoms with E-state index < -0.39 is 30.1 Å².